The van der Waals surface area contributed by atoms with Crippen LogP contribution in [0.3, 0.4) is 0 Å². The Morgan fingerprint density at radius 2 is 1.93 bits per heavy atom. The number of hydrogen-bond donors (Lipinski definition) is 2. The maximum absolute atomic E-state index is 12.5. The van der Waals surface area contributed by atoms with Crippen LogP contribution in [0.25, 0.3) is 0 Å². The molecule has 0 aliphatic carbocycles. The number of hydrogen-bond acceptors (Lipinski definition) is 7. The molecule has 2 rings (SSSR count). The second kappa shape index (κ2) is 12.2. The SMILES string of the molecule is CSSC(C)(C)CCC(=O)N1CCN(CCCc2ccnc(CO)c2CO)CC1. The Kier molecular flexibility index (Phi) is 10.3. The minimum atomic E-state index is -0.146. The van der Waals surface area contributed by atoms with Gasteiger partial charge in [0.2, 0.25) is 5.91 Å². The minimum absolute atomic E-state index is 0.0912. The number of aromatic nitrogens is 1. The summed E-state index contributed by atoms with van der Waals surface area (Å²) < 4.78 is 0.132. The van der Waals surface area contributed by atoms with Crippen molar-refractivity contribution in [2.75, 3.05) is 39.0 Å². The van der Waals surface area contributed by atoms with Crippen LogP contribution in [-0.2, 0) is 24.4 Å². The smallest absolute Gasteiger partial charge is 0.222 e. The number of piperazine rings is 1. The first-order valence-electron chi connectivity index (χ1n) is 10.3. The zero-order valence-corrected chi connectivity index (χ0v) is 19.5. The van der Waals surface area contributed by atoms with Crippen LogP contribution >= 0.6 is 21.6 Å². The average Bonchev–Trinajstić information content (AvgIpc) is 2.72. The monoisotopic (exact) mass is 441 g/mol. The second-order valence-corrected chi connectivity index (χ2v) is 11.2. The summed E-state index contributed by atoms with van der Waals surface area (Å²) >= 11 is 0. The summed E-state index contributed by atoms with van der Waals surface area (Å²) in [5.74, 6) is 0.278. The summed E-state index contributed by atoms with van der Waals surface area (Å²) in [6.07, 6.45) is 7.15. The summed E-state index contributed by atoms with van der Waals surface area (Å²) in [4.78, 5) is 21.1. The van der Waals surface area contributed by atoms with Crippen LogP contribution in [0.5, 0.6) is 0 Å². The molecule has 1 amide bonds. The van der Waals surface area contributed by atoms with E-state index in [0.29, 0.717) is 12.1 Å². The highest BCUT2D eigenvalue weighted by Crippen LogP contribution is 2.37. The molecule has 0 bridgehead atoms. The molecule has 1 aliphatic rings. The highest BCUT2D eigenvalue weighted by molar-refractivity contribution is 8.76. The Hall–Kier alpha value is -0.800. The number of amides is 1. The van der Waals surface area contributed by atoms with Crippen molar-refractivity contribution >= 4 is 27.5 Å². The molecule has 0 unspecified atom stereocenters. The topological polar surface area (TPSA) is 76.9 Å². The Labute approximate surface area is 182 Å². The first kappa shape index (κ1) is 24.5. The number of aryl methyl sites for hydroxylation is 1. The average molecular weight is 442 g/mol. The van der Waals surface area contributed by atoms with E-state index in [0.717, 1.165) is 63.1 Å². The highest BCUT2D eigenvalue weighted by atomic mass is 33.1. The fourth-order valence-corrected chi connectivity index (χ4v) is 5.93. The number of pyridine rings is 1. The van der Waals surface area contributed by atoms with E-state index in [-0.39, 0.29) is 23.9 Å². The normalized spacial score (nSPS) is 15.7. The van der Waals surface area contributed by atoms with Crippen molar-refractivity contribution in [3.63, 3.8) is 0 Å². The van der Waals surface area contributed by atoms with Crippen molar-refractivity contribution in [2.45, 2.75) is 57.5 Å². The largest absolute Gasteiger partial charge is 0.392 e. The summed E-state index contributed by atoms with van der Waals surface area (Å²) in [7, 11) is 3.60. The molecule has 1 aromatic heterocycles. The molecular formula is C21H35N3O3S2. The third kappa shape index (κ3) is 7.75. The van der Waals surface area contributed by atoms with Crippen molar-refractivity contribution in [1.29, 1.82) is 0 Å². The first-order chi connectivity index (χ1) is 13.9. The molecular weight excluding hydrogens is 406 g/mol. The number of nitrogens with zero attached hydrogens (tertiary/aromatic N) is 3. The van der Waals surface area contributed by atoms with Gasteiger partial charge in [-0.3, -0.25) is 14.7 Å². The van der Waals surface area contributed by atoms with Gasteiger partial charge in [0.1, 0.15) is 0 Å². The lowest BCUT2D eigenvalue weighted by atomic mass is 10.0. The van der Waals surface area contributed by atoms with Gasteiger partial charge in [-0.1, -0.05) is 21.6 Å². The van der Waals surface area contributed by atoms with Gasteiger partial charge in [0, 0.05) is 49.1 Å². The summed E-state index contributed by atoms with van der Waals surface area (Å²) in [6.45, 7) is 8.59. The quantitative estimate of drug-likeness (QED) is 0.511. The lowest BCUT2D eigenvalue weighted by Crippen LogP contribution is -2.49. The molecule has 0 radical (unpaired) electrons. The van der Waals surface area contributed by atoms with Crippen molar-refractivity contribution in [3.8, 4) is 0 Å². The number of carbonyl (C=O) groups excluding carboxylic acids is 1. The lowest BCUT2D eigenvalue weighted by Gasteiger charge is -2.35. The van der Waals surface area contributed by atoms with E-state index in [9.17, 15) is 15.0 Å². The number of carbonyl (C=O) groups is 1. The minimum Gasteiger partial charge on any atom is -0.392 e. The molecule has 0 atom stereocenters. The molecule has 1 aromatic rings. The Balaban J connectivity index is 1.72. The van der Waals surface area contributed by atoms with E-state index >= 15 is 0 Å². The zero-order valence-electron chi connectivity index (χ0n) is 17.9. The molecule has 0 saturated carbocycles. The van der Waals surface area contributed by atoms with Gasteiger partial charge in [-0.25, -0.2) is 0 Å². The van der Waals surface area contributed by atoms with Gasteiger partial charge in [0.15, 0.2) is 0 Å². The van der Waals surface area contributed by atoms with Crippen LogP contribution in [-0.4, -0.2) is 74.6 Å². The van der Waals surface area contributed by atoms with E-state index in [1.165, 1.54) is 0 Å². The maximum atomic E-state index is 12.5. The third-order valence-corrected chi connectivity index (χ3v) is 8.12. The van der Waals surface area contributed by atoms with E-state index in [2.05, 4.69) is 30.0 Å². The van der Waals surface area contributed by atoms with E-state index < -0.39 is 0 Å². The van der Waals surface area contributed by atoms with Gasteiger partial charge in [-0.2, -0.15) is 0 Å². The number of aliphatic hydroxyl groups excluding tert-OH is 2. The maximum Gasteiger partial charge on any atom is 0.222 e. The predicted molar refractivity (Wildman–Crippen MR) is 122 cm³/mol. The molecule has 8 heteroatoms. The Bertz CT molecular complexity index is 650. The van der Waals surface area contributed by atoms with Crippen LogP contribution in [0, 0.1) is 0 Å². The molecule has 1 saturated heterocycles. The summed E-state index contributed by atoms with van der Waals surface area (Å²) in [5, 5.41) is 18.9. The van der Waals surface area contributed by atoms with Crippen LogP contribution in [0.15, 0.2) is 12.3 Å². The fourth-order valence-electron chi connectivity index (χ4n) is 3.69. The molecule has 2 heterocycles. The van der Waals surface area contributed by atoms with Gasteiger partial charge in [0.25, 0.3) is 0 Å². The van der Waals surface area contributed by atoms with Crippen molar-refractivity contribution < 1.29 is 15.0 Å². The van der Waals surface area contributed by atoms with Crippen LogP contribution in [0.2, 0.25) is 0 Å². The van der Waals surface area contributed by atoms with Gasteiger partial charge in [-0.05, 0) is 57.5 Å². The molecule has 1 fully saturated rings. The molecule has 6 nitrogen and oxygen atoms in total. The van der Waals surface area contributed by atoms with Gasteiger partial charge in [-0.15, -0.1) is 0 Å². The molecule has 29 heavy (non-hydrogen) atoms. The van der Waals surface area contributed by atoms with E-state index in [1.54, 1.807) is 17.0 Å². The van der Waals surface area contributed by atoms with Gasteiger partial charge < -0.3 is 15.1 Å². The van der Waals surface area contributed by atoms with Crippen LogP contribution in [0.4, 0.5) is 0 Å². The van der Waals surface area contributed by atoms with Crippen LogP contribution < -0.4 is 0 Å². The molecule has 164 valence electrons. The Morgan fingerprint density at radius 1 is 1.21 bits per heavy atom. The predicted octanol–water partition coefficient (Wildman–Crippen LogP) is 2.71. The van der Waals surface area contributed by atoms with Crippen LogP contribution in [0.1, 0.15) is 49.9 Å². The highest BCUT2D eigenvalue weighted by Gasteiger charge is 2.24. The summed E-state index contributed by atoms with van der Waals surface area (Å²) in [6, 6.07) is 1.93. The van der Waals surface area contributed by atoms with Crippen molar-refractivity contribution in [3.05, 3.63) is 29.1 Å². The van der Waals surface area contributed by atoms with Gasteiger partial charge in [0.05, 0.1) is 18.9 Å². The first-order valence-corrected chi connectivity index (χ1v) is 12.9. The van der Waals surface area contributed by atoms with Crippen molar-refractivity contribution in [1.82, 2.24) is 14.8 Å². The Morgan fingerprint density at radius 3 is 2.55 bits per heavy atom. The van der Waals surface area contributed by atoms with Gasteiger partial charge >= 0.3 is 0 Å². The van der Waals surface area contributed by atoms with E-state index in [1.807, 2.05) is 21.8 Å². The van der Waals surface area contributed by atoms with Crippen molar-refractivity contribution in [2.24, 2.45) is 0 Å². The van der Waals surface area contributed by atoms with E-state index in [4.69, 9.17) is 0 Å². The lowest BCUT2D eigenvalue weighted by molar-refractivity contribution is -0.133. The third-order valence-electron chi connectivity index (χ3n) is 5.45. The number of rotatable bonds is 11. The molecule has 0 aromatic carbocycles. The molecule has 1 aliphatic heterocycles. The molecule has 0 spiro atoms. The molecule has 2 N–H and O–H groups in total. The fraction of sp³-hybridized carbons (Fsp3) is 0.714. The standard InChI is InChI=1S/C21H35N3O3S2/c1-21(2,29-28-3)8-6-20(27)24-13-11-23(12-14-24)10-4-5-17-7-9-22-19(16-26)18(17)15-25/h7,9,25-26H,4-6,8,10-16H2,1-3H3. The zero-order chi connectivity index (χ0) is 21.3. The second-order valence-electron chi connectivity index (χ2n) is 8.05. The summed E-state index contributed by atoms with van der Waals surface area (Å²) in [5.41, 5.74) is 2.38. The number of aliphatic hydroxyl groups is 2.